The lowest BCUT2D eigenvalue weighted by Gasteiger charge is -2.12. The highest BCUT2D eigenvalue weighted by Crippen LogP contribution is 2.34. The van der Waals surface area contributed by atoms with Crippen LogP contribution in [-0.4, -0.2) is 17.5 Å². The van der Waals surface area contributed by atoms with Crippen molar-refractivity contribution in [3.05, 3.63) is 87.7 Å². The lowest BCUT2D eigenvalue weighted by Crippen LogP contribution is -2.05. The molecular weight excluding hydrogens is 413 g/mol. The van der Waals surface area contributed by atoms with Crippen molar-refractivity contribution in [2.24, 2.45) is 4.99 Å². The first-order valence-corrected chi connectivity index (χ1v) is 9.71. The summed E-state index contributed by atoms with van der Waals surface area (Å²) in [5, 5.41) is 0.490. The smallest absolute Gasteiger partial charge is 0.416 e. The summed E-state index contributed by atoms with van der Waals surface area (Å²) in [5.74, 6) is 0.496. The van der Waals surface area contributed by atoms with Gasteiger partial charge in [-0.2, -0.15) is 13.2 Å². The molecule has 2 aromatic carbocycles. The van der Waals surface area contributed by atoms with Crippen LogP contribution in [0.1, 0.15) is 33.9 Å². The molecule has 154 valence electrons. The molecular formula is C23H18ClF3N2O. The number of aromatic nitrogens is 1. The number of rotatable bonds is 3. The molecule has 0 spiro atoms. The van der Waals surface area contributed by atoms with E-state index in [1.54, 1.807) is 12.4 Å². The van der Waals surface area contributed by atoms with Gasteiger partial charge in [-0.25, -0.2) is 4.99 Å². The highest BCUT2D eigenvalue weighted by atomic mass is 35.5. The molecule has 2 heterocycles. The summed E-state index contributed by atoms with van der Waals surface area (Å²) in [6, 6.07) is 10.8. The van der Waals surface area contributed by atoms with Crippen molar-refractivity contribution in [2.75, 3.05) is 6.61 Å². The standard InChI is InChI=1S/C23H18ClF3N2O/c1-13-9-16(15-3-6-17(7-4-15)23(25,26)27)5-8-18(13)20-12-30-22(29-20)21-14(2)10-28-11-19(21)24/h3-11,20H,12H2,1-2H3. The van der Waals surface area contributed by atoms with Crippen LogP contribution in [0.5, 0.6) is 0 Å². The molecule has 7 heteroatoms. The molecule has 0 fully saturated rings. The van der Waals surface area contributed by atoms with Crippen LogP contribution in [0.3, 0.4) is 0 Å². The number of nitrogens with zero attached hydrogens (tertiary/aromatic N) is 2. The number of benzene rings is 2. The highest BCUT2D eigenvalue weighted by Gasteiger charge is 2.30. The van der Waals surface area contributed by atoms with Gasteiger partial charge in [-0.05, 0) is 53.8 Å². The van der Waals surface area contributed by atoms with Gasteiger partial charge in [0.15, 0.2) is 0 Å². The Bertz CT molecular complexity index is 1100. The van der Waals surface area contributed by atoms with E-state index < -0.39 is 11.7 Å². The molecule has 1 unspecified atom stereocenters. The molecule has 1 aliphatic heterocycles. The van der Waals surface area contributed by atoms with Gasteiger partial charge in [0.25, 0.3) is 0 Å². The second-order valence-corrected chi connectivity index (χ2v) is 7.63. The Labute approximate surface area is 177 Å². The van der Waals surface area contributed by atoms with Crippen molar-refractivity contribution in [1.29, 1.82) is 0 Å². The zero-order valence-corrected chi connectivity index (χ0v) is 17.1. The summed E-state index contributed by atoms with van der Waals surface area (Å²) in [6.07, 6.45) is -1.07. The lowest BCUT2D eigenvalue weighted by atomic mass is 9.96. The largest absolute Gasteiger partial charge is 0.475 e. The van der Waals surface area contributed by atoms with Gasteiger partial charge in [0.2, 0.25) is 5.90 Å². The molecule has 1 atom stereocenters. The first-order chi connectivity index (χ1) is 14.2. The Morgan fingerprint density at radius 1 is 0.967 bits per heavy atom. The maximum Gasteiger partial charge on any atom is 0.416 e. The third kappa shape index (κ3) is 3.92. The number of aliphatic imine (C=N–C) groups is 1. The Morgan fingerprint density at radius 2 is 1.67 bits per heavy atom. The van der Waals surface area contributed by atoms with Crippen LogP contribution in [0.2, 0.25) is 5.02 Å². The van der Waals surface area contributed by atoms with E-state index in [4.69, 9.17) is 21.3 Å². The summed E-state index contributed by atoms with van der Waals surface area (Å²) >= 11 is 6.27. The Hall–Kier alpha value is -2.86. The Kier molecular flexibility index (Phi) is 5.28. The van der Waals surface area contributed by atoms with Crippen molar-refractivity contribution >= 4 is 17.5 Å². The summed E-state index contributed by atoms with van der Waals surface area (Å²) in [4.78, 5) is 8.77. The fourth-order valence-corrected chi connectivity index (χ4v) is 3.84. The first kappa shape index (κ1) is 20.4. The van der Waals surface area contributed by atoms with Gasteiger partial charge >= 0.3 is 6.18 Å². The van der Waals surface area contributed by atoms with Crippen molar-refractivity contribution in [2.45, 2.75) is 26.1 Å². The number of ether oxygens (including phenoxy) is 1. The maximum atomic E-state index is 12.8. The average molecular weight is 431 g/mol. The molecule has 0 saturated heterocycles. The lowest BCUT2D eigenvalue weighted by molar-refractivity contribution is -0.137. The molecule has 1 aliphatic rings. The summed E-state index contributed by atoms with van der Waals surface area (Å²) in [6.45, 7) is 4.26. The third-order valence-electron chi connectivity index (χ3n) is 5.13. The van der Waals surface area contributed by atoms with E-state index in [2.05, 4.69) is 4.98 Å². The maximum absolute atomic E-state index is 12.8. The van der Waals surface area contributed by atoms with E-state index in [-0.39, 0.29) is 6.04 Å². The molecule has 0 radical (unpaired) electrons. The van der Waals surface area contributed by atoms with Gasteiger partial charge in [-0.15, -0.1) is 0 Å². The number of hydrogen-bond acceptors (Lipinski definition) is 3. The van der Waals surface area contributed by atoms with E-state index >= 15 is 0 Å². The summed E-state index contributed by atoms with van der Waals surface area (Å²) < 4.78 is 44.2. The second-order valence-electron chi connectivity index (χ2n) is 7.22. The van der Waals surface area contributed by atoms with Crippen LogP contribution in [0.25, 0.3) is 11.1 Å². The van der Waals surface area contributed by atoms with Crippen molar-refractivity contribution in [3.63, 3.8) is 0 Å². The minimum atomic E-state index is -4.34. The van der Waals surface area contributed by atoms with Gasteiger partial charge in [-0.3, -0.25) is 4.98 Å². The summed E-state index contributed by atoms with van der Waals surface area (Å²) in [7, 11) is 0. The zero-order chi connectivity index (χ0) is 21.5. The van der Waals surface area contributed by atoms with Crippen LogP contribution < -0.4 is 0 Å². The van der Waals surface area contributed by atoms with Crippen LogP contribution >= 0.6 is 11.6 Å². The van der Waals surface area contributed by atoms with Gasteiger partial charge in [0, 0.05) is 12.4 Å². The fourth-order valence-electron chi connectivity index (χ4n) is 3.55. The quantitative estimate of drug-likeness (QED) is 0.472. The van der Waals surface area contributed by atoms with E-state index in [1.165, 1.54) is 12.1 Å². The average Bonchev–Trinajstić information content (AvgIpc) is 3.16. The van der Waals surface area contributed by atoms with E-state index in [0.29, 0.717) is 17.5 Å². The molecule has 3 aromatic rings. The van der Waals surface area contributed by atoms with Crippen LogP contribution in [0.4, 0.5) is 13.2 Å². The molecule has 0 bridgehead atoms. The van der Waals surface area contributed by atoms with Crippen molar-refractivity contribution in [1.82, 2.24) is 4.98 Å². The Morgan fingerprint density at radius 3 is 2.30 bits per heavy atom. The molecule has 1 aromatic heterocycles. The number of pyridine rings is 1. The minimum Gasteiger partial charge on any atom is -0.475 e. The van der Waals surface area contributed by atoms with E-state index in [0.717, 1.165) is 45.5 Å². The van der Waals surface area contributed by atoms with Gasteiger partial charge in [0.1, 0.15) is 12.6 Å². The topological polar surface area (TPSA) is 34.5 Å². The SMILES string of the molecule is Cc1cc(-c2ccc(C(F)(F)F)cc2)ccc1C1COC(c2c(C)cncc2Cl)=N1. The van der Waals surface area contributed by atoms with E-state index in [9.17, 15) is 13.2 Å². The van der Waals surface area contributed by atoms with Crippen molar-refractivity contribution in [3.8, 4) is 11.1 Å². The van der Waals surface area contributed by atoms with Gasteiger partial charge < -0.3 is 4.74 Å². The molecule has 0 saturated carbocycles. The number of halogens is 4. The Balaban J connectivity index is 1.61. The fraction of sp³-hybridized carbons (Fsp3) is 0.217. The van der Waals surface area contributed by atoms with Gasteiger partial charge in [0.05, 0.1) is 16.1 Å². The normalized spacial score (nSPS) is 16.3. The van der Waals surface area contributed by atoms with Crippen LogP contribution in [-0.2, 0) is 10.9 Å². The van der Waals surface area contributed by atoms with Crippen LogP contribution in [0, 0.1) is 13.8 Å². The monoisotopic (exact) mass is 430 g/mol. The molecule has 4 rings (SSSR count). The predicted molar refractivity (Wildman–Crippen MR) is 111 cm³/mol. The molecule has 0 N–H and O–H groups in total. The molecule has 0 aliphatic carbocycles. The predicted octanol–water partition coefficient (Wildman–Crippen LogP) is 6.56. The first-order valence-electron chi connectivity index (χ1n) is 9.33. The van der Waals surface area contributed by atoms with Gasteiger partial charge in [-0.1, -0.05) is 41.9 Å². The molecule has 0 amide bonds. The number of alkyl halides is 3. The van der Waals surface area contributed by atoms with Crippen molar-refractivity contribution < 1.29 is 17.9 Å². The number of hydrogen-bond donors (Lipinski definition) is 0. The highest BCUT2D eigenvalue weighted by molar-refractivity contribution is 6.33. The van der Waals surface area contributed by atoms with E-state index in [1.807, 2.05) is 32.0 Å². The molecule has 3 nitrogen and oxygen atoms in total. The minimum absolute atomic E-state index is 0.176. The zero-order valence-electron chi connectivity index (χ0n) is 16.3. The summed E-state index contributed by atoms with van der Waals surface area (Å²) in [5.41, 5.74) is 4.54. The molecule has 30 heavy (non-hydrogen) atoms. The van der Waals surface area contributed by atoms with Crippen LogP contribution in [0.15, 0.2) is 59.9 Å². The number of aryl methyl sites for hydroxylation is 2. The second kappa shape index (κ2) is 7.76. The third-order valence-corrected chi connectivity index (χ3v) is 5.42.